The van der Waals surface area contributed by atoms with Gasteiger partial charge >= 0.3 is 0 Å². The van der Waals surface area contributed by atoms with Crippen LogP contribution in [0.25, 0.3) is 0 Å². The zero-order valence-electron chi connectivity index (χ0n) is 13.9. The molecule has 20 heavy (non-hydrogen) atoms. The van der Waals surface area contributed by atoms with E-state index in [0.717, 1.165) is 0 Å². The normalized spacial score (nSPS) is 11.2. The van der Waals surface area contributed by atoms with Crippen molar-refractivity contribution in [2.45, 2.75) is 59.8 Å². The molecule has 1 aromatic rings. The van der Waals surface area contributed by atoms with E-state index in [9.17, 15) is 0 Å². The van der Waals surface area contributed by atoms with Crippen LogP contribution in [-0.4, -0.2) is 25.1 Å². The van der Waals surface area contributed by atoms with Gasteiger partial charge in [0.2, 0.25) is 0 Å². The monoisotopic (exact) mass is 279 g/mol. The summed E-state index contributed by atoms with van der Waals surface area (Å²) in [6.07, 6.45) is 6.55. The van der Waals surface area contributed by atoms with Crippen molar-refractivity contribution in [3.63, 3.8) is 0 Å². The highest BCUT2D eigenvalue weighted by molar-refractivity contribution is 5.49. The van der Waals surface area contributed by atoms with Gasteiger partial charge in [0.25, 0.3) is 0 Å². The fourth-order valence-corrected chi connectivity index (χ4v) is 3.31. The van der Waals surface area contributed by atoms with Gasteiger partial charge in [-0.05, 0) is 38.7 Å². The van der Waals surface area contributed by atoms with Gasteiger partial charge < -0.3 is 5.48 Å². The summed E-state index contributed by atoms with van der Waals surface area (Å²) < 4.78 is 1.19. The predicted molar refractivity (Wildman–Crippen MR) is 89.6 cm³/mol. The van der Waals surface area contributed by atoms with Crippen molar-refractivity contribution in [1.29, 1.82) is 0 Å². The zero-order valence-corrected chi connectivity index (χ0v) is 13.9. The van der Waals surface area contributed by atoms with Crippen LogP contribution >= 0.6 is 0 Å². The molecule has 116 valence electrons. The summed E-state index contributed by atoms with van der Waals surface area (Å²) in [6, 6.07) is 9.00. The van der Waals surface area contributed by atoms with Crippen LogP contribution in [-0.2, 0) is 0 Å². The molecule has 0 fully saturated rings. The molecule has 0 radical (unpaired) electrons. The number of rotatable bonds is 9. The quantitative estimate of drug-likeness (QED) is 0.455. The maximum absolute atomic E-state index is 2.35. The van der Waals surface area contributed by atoms with E-state index in [4.69, 9.17) is 0 Å². The van der Waals surface area contributed by atoms with Gasteiger partial charge in [0, 0.05) is 5.56 Å². The van der Waals surface area contributed by atoms with Crippen molar-refractivity contribution >= 4 is 5.69 Å². The van der Waals surface area contributed by atoms with E-state index in [-0.39, 0.29) is 5.48 Å². The summed E-state index contributed by atoms with van der Waals surface area (Å²) in [5.74, 6) is 0. The van der Waals surface area contributed by atoms with Gasteiger partial charge in [-0.1, -0.05) is 45.4 Å². The van der Waals surface area contributed by atoms with Crippen molar-refractivity contribution in [1.82, 2.24) is 4.48 Å². The average molecular weight is 279 g/mol. The summed E-state index contributed by atoms with van der Waals surface area (Å²) in [5, 5.41) is 0. The van der Waals surface area contributed by atoms with Crippen molar-refractivity contribution < 1.29 is 5.48 Å². The molecule has 0 saturated carbocycles. The molecule has 0 unspecified atom stereocenters. The Morgan fingerprint density at radius 3 is 1.90 bits per heavy atom. The maximum Gasteiger partial charge on any atom is 0.135 e. The number of aryl methyl sites for hydroxylation is 1. The number of hydrogen-bond donors (Lipinski definition) is 0. The van der Waals surface area contributed by atoms with Crippen molar-refractivity contribution in [2.75, 3.05) is 19.6 Å². The molecule has 0 heterocycles. The first-order valence-corrected chi connectivity index (χ1v) is 8.12. The standard InChI is InChI=1S/C18H32N.H2O/c1-5-8-11-16-19(14-6-2,15-7-3)18-13-10-9-12-17(18)4;/h9-10,12-13H,5-8,11,14-16H2,1-4H3;1H2/q+1;/p-1. The molecular formula is C18H33NO. The topological polar surface area (TPSA) is 30.0 Å². The third-order valence-electron chi connectivity index (χ3n) is 4.12. The van der Waals surface area contributed by atoms with E-state index in [0.29, 0.717) is 0 Å². The number of para-hydroxylation sites is 1. The van der Waals surface area contributed by atoms with Gasteiger partial charge in [-0.2, -0.15) is 0 Å². The smallest absolute Gasteiger partial charge is 0.135 e. The van der Waals surface area contributed by atoms with Crippen LogP contribution < -0.4 is 4.48 Å². The molecule has 0 aliphatic carbocycles. The Morgan fingerprint density at radius 1 is 0.800 bits per heavy atom. The van der Waals surface area contributed by atoms with Crippen LogP contribution in [0.5, 0.6) is 0 Å². The lowest BCUT2D eigenvalue weighted by molar-refractivity contribution is 0.265. The SMILES string of the molecule is CCCCC[N+](CCC)(CCC)c1ccccc1C.[OH-]. The van der Waals surface area contributed by atoms with Gasteiger partial charge in [0.1, 0.15) is 5.69 Å². The highest BCUT2D eigenvalue weighted by Crippen LogP contribution is 2.29. The largest absolute Gasteiger partial charge is 0.870 e. The van der Waals surface area contributed by atoms with Gasteiger partial charge in [-0.15, -0.1) is 0 Å². The Labute approximate surface area is 125 Å². The molecule has 2 heteroatoms. The Morgan fingerprint density at radius 2 is 1.40 bits per heavy atom. The Balaban J connectivity index is 0.00000361. The van der Waals surface area contributed by atoms with E-state index < -0.39 is 0 Å². The van der Waals surface area contributed by atoms with E-state index in [2.05, 4.69) is 52.0 Å². The molecule has 1 aromatic carbocycles. The third kappa shape index (κ3) is 4.92. The first-order valence-electron chi connectivity index (χ1n) is 8.12. The van der Waals surface area contributed by atoms with E-state index in [1.807, 2.05) is 0 Å². The average Bonchev–Trinajstić information content (AvgIpc) is 2.40. The Kier molecular flexibility index (Phi) is 9.52. The molecule has 0 atom stereocenters. The maximum atomic E-state index is 2.35. The molecule has 0 aliphatic heterocycles. The zero-order chi connectivity index (χ0) is 14.1. The van der Waals surface area contributed by atoms with E-state index in [1.165, 1.54) is 61.8 Å². The fourth-order valence-electron chi connectivity index (χ4n) is 3.31. The van der Waals surface area contributed by atoms with Crippen LogP contribution in [0.15, 0.2) is 24.3 Å². The lowest BCUT2D eigenvalue weighted by Crippen LogP contribution is -2.51. The van der Waals surface area contributed by atoms with Crippen LogP contribution in [0, 0.1) is 6.92 Å². The molecule has 0 saturated heterocycles. The summed E-state index contributed by atoms with van der Waals surface area (Å²) in [7, 11) is 0. The summed E-state index contributed by atoms with van der Waals surface area (Å²) in [6.45, 7) is 13.1. The van der Waals surface area contributed by atoms with E-state index in [1.54, 1.807) is 5.69 Å². The molecule has 0 spiro atoms. The first kappa shape index (κ1) is 19.1. The number of benzene rings is 1. The molecule has 1 rings (SSSR count). The number of unbranched alkanes of at least 4 members (excludes halogenated alkanes) is 2. The van der Waals surface area contributed by atoms with Crippen LogP contribution in [0.4, 0.5) is 5.69 Å². The minimum atomic E-state index is 0. The molecule has 1 N–H and O–H groups in total. The predicted octanol–water partition coefficient (Wildman–Crippen LogP) is 5.14. The molecule has 0 aromatic heterocycles. The minimum absolute atomic E-state index is 0. The minimum Gasteiger partial charge on any atom is -0.870 e. The van der Waals surface area contributed by atoms with Crippen molar-refractivity contribution in [3.05, 3.63) is 29.8 Å². The summed E-state index contributed by atoms with van der Waals surface area (Å²) in [4.78, 5) is 0. The second-order valence-corrected chi connectivity index (χ2v) is 5.81. The molecule has 0 aliphatic rings. The van der Waals surface area contributed by atoms with Gasteiger partial charge in [-0.3, -0.25) is 4.48 Å². The third-order valence-corrected chi connectivity index (χ3v) is 4.12. The van der Waals surface area contributed by atoms with Gasteiger partial charge in [0.05, 0.1) is 19.6 Å². The Bertz CT molecular complexity index is 356. The second-order valence-electron chi connectivity index (χ2n) is 5.81. The molecule has 0 amide bonds. The molecule has 0 bridgehead atoms. The lowest BCUT2D eigenvalue weighted by Gasteiger charge is -2.39. The summed E-state index contributed by atoms with van der Waals surface area (Å²) in [5.41, 5.74) is 3.02. The first-order chi connectivity index (χ1) is 9.20. The van der Waals surface area contributed by atoms with Crippen molar-refractivity contribution in [3.8, 4) is 0 Å². The van der Waals surface area contributed by atoms with Gasteiger partial charge in [0.15, 0.2) is 0 Å². The number of hydrogen-bond acceptors (Lipinski definition) is 1. The second kappa shape index (κ2) is 9.95. The number of quaternary nitrogens is 1. The van der Waals surface area contributed by atoms with Crippen LogP contribution in [0.2, 0.25) is 0 Å². The number of nitrogens with zero attached hydrogens (tertiary/aromatic N) is 1. The highest BCUT2D eigenvalue weighted by Gasteiger charge is 2.29. The highest BCUT2D eigenvalue weighted by atomic mass is 16.0. The van der Waals surface area contributed by atoms with Crippen LogP contribution in [0.1, 0.15) is 58.4 Å². The summed E-state index contributed by atoms with van der Waals surface area (Å²) >= 11 is 0. The molecule has 2 nitrogen and oxygen atoms in total. The van der Waals surface area contributed by atoms with Crippen molar-refractivity contribution in [2.24, 2.45) is 0 Å². The molecular weight excluding hydrogens is 246 g/mol. The van der Waals surface area contributed by atoms with E-state index >= 15 is 0 Å². The fraction of sp³-hybridized carbons (Fsp3) is 0.667. The Hall–Kier alpha value is -0.860. The van der Waals surface area contributed by atoms with Gasteiger partial charge in [-0.25, -0.2) is 0 Å². The van der Waals surface area contributed by atoms with Crippen LogP contribution in [0.3, 0.4) is 0 Å². The lowest BCUT2D eigenvalue weighted by atomic mass is 10.1.